The first-order chi connectivity index (χ1) is 12.3. The fraction of sp³-hybridized carbons (Fsp3) is 0.474. The van der Waals surface area contributed by atoms with Crippen LogP contribution in [0.3, 0.4) is 0 Å². The van der Waals surface area contributed by atoms with Gasteiger partial charge in [-0.1, -0.05) is 0 Å². The smallest absolute Gasteiger partial charge is 0.258 e. The summed E-state index contributed by atoms with van der Waals surface area (Å²) in [6, 6.07) is 3.34. The minimum Gasteiger partial charge on any atom is -0.493 e. The van der Waals surface area contributed by atoms with Crippen LogP contribution in [0, 0.1) is 0 Å². The largest absolute Gasteiger partial charge is 0.493 e. The Balaban J connectivity index is 2.66. The van der Waals surface area contributed by atoms with Crippen molar-refractivity contribution in [2.45, 2.75) is 13.5 Å². The van der Waals surface area contributed by atoms with Crippen molar-refractivity contribution in [3.05, 3.63) is 34.2 Å². The number of benzene rings is 1. The van der Waals surface area contributed by atoms with Crippen molar-refractivity contribution < 1.29 is 14.3 Å². The molecule has 26 heavy (non-hydrogen) atoms. The molecule has 0 spiro atoms. The lowest BCUT2D eigenvalue weighted by Crippen LogP contribution is -2.34. The number of pyridine rings is 1. The Morgan fingerprint density at radius 3 is 2.12 bits per heavy atom. The summed E-state index contributed by atoms with van der Waals surface area (Å²) in [7, 11) is 8.73. The molecule has 0 radical (unpaired) electrons. The van der Waals surface area contributed by atoms with Gasteiger partial charge in [0, 0.05) is 38.3 Å². The molecule has 0 aliphatic heterocycles. The third-order valence-corrected chi connectivity index (χ3v) is 4.39. The third kappa shape index (κ3) is 3.83. The van der Waals surface area contributed by atoms with E-state index in [1.54, 1.807) is 34.8 Å². The molecule has 2 rings (SSSR count). The van der Waals surface area contributed by atoms with Gasteiger partial charge in [0.15, 0.2) is 11.5 Å². The monoisotopic (exact) mass is 361 g/mol. The van der Waals surface area contributed by atoms with Crippen molar-refractivity contribution in [1.82, 2.24) is 14.4 Å². The van der Waals surface area contributed by atoms with Crippen molar-refractivity contribution in [1.29, 1.82) is 0 Å². The van der Waals surface area contributed by atoms with Crippen LogP contribution in [-0.4, -0.2) is 68.7 Å². The summed E-state index contributed by atoms with van der Waals surface area (Å²) >= 11 is 0. The number of carbonyl (C=O) groups excluding carboxylic acids is 1. The Morgan fingerprint density at radius 2 is 1.62 bits per heavy atom. The van der Waals surface area contributed by atoms with E-state index >= 15 is 0 Å². The van der Waals surface area contributed by atoms with Gasteiger partial charge in [0.1, 0.15) is 0 Å². The SMILES string of the molecule is CCn1cc(C(=O)N(C)CCN(C)C)c2cc(OC)c(OC)cc2c1=O. The molecule has 0 aliphatic carbocycles. The number of hydrogen-bond acceptors (Lipinski definition) is 5. The van der Waals surface area contributed by atoms with Gasteiger partial charge in [-0.2, -0.15) is 0 Å². The van der Waals surface area contributed by atoms with Gasteiger partial charge in [0.05, 0.1) is 25.2 Å². The number of ether oxygens (including phenoxy) is 2. The first-order valence-corrected chi connectivity index (χ1v) is 8.53. The lowest BCUT2D eigenvalue weighted by Gasteiger charge is -2.21. The van der Waals surface area contributed by atoms with Gasteiger partial charge in [0.25, 0.3) is 11.5 Å². The number of nitrogens with zero attached hydrogens (tertiary/aromatic N) is 3. The molecular weight excluding hydrogens is 334 g/mol. The summed E-state index contributed by atoms with van der Waals surface area (Å²) in [5.74, 6) is 0.815. The van der Waals surface area contributed by atoms with E-state index in [2.05, 4.69) is 0 Å². The van der Waals surface area contributed by atoms with Crippen molar-refractivity contribution in [3.63, 3.8) is 0 Å². The van der Waals surface area contributed by atoms with Gasteiger partial charge in [-0.3, -0.25) is 9.59 Å². The second-order valence-corrected chi connectivity index (χ2v) is 6.42. The fourth-order valence-electron chi connectivity index (χ4n) is 2.78. The normalized spacial score (nSPS) is 11.0. The Morgan fingerprint density at radius 1 is 1.04 bits per heavy atom. The molecule has 1 aromatic carbocycles. The summed E-state index contributed by atoms with van der Waals surface area (Å²) in [5, 5.41) is 1.01. The molecule has 7 heteroatoms. The van der Waals surface area contributed by atoms with Crippen molar-refractivity contribution in [2.75, 3.05) is 48.5 Å². The molecule has 0 unspecified atom stereocenters. The molecule has 1 aromatic heterocycles. The predicted molar refractivity (Wildman–Crippen MR) is 103 cm³/mol. The highest BCUT2D eigenvalue weighted by molar-refractivity contribution is 6.07. The maximum absolute atomic E-state index is 13.0. The van der Waals surface area contributed by atoms with Crippen LogP contribution < -0.4 is 15.0 Å². The second-order valence-electron chi connectivity index (χ2n) is 6.42. The first kappa shape index (κ1) is 19.8. The average Bonchev–Trinajstić information content (AvgIpc) is 2.64. The Hall–Kier alpha value is -2.54. The molecule has 0 saturated carbocycles. The number of aryl methyl sites for hydroxylation is 1. The van der Waals surface area contributed by atoms with Gasteiger partial charge in [-0.15, -0.1) is 0 Å². The van der Waals surface area contributed by atoms with Crippen LogP contribution in [0.5, 0.6) is 11.5 Å². The Labute approximate surface area is 153 Å². The van der Waals surface area contributed by atoms with Gasteiger partial charge in [-0.25, -0.2) is 0 Å². The fourth-order valence-corrected chi connectivity index (χ4v) is 2.78. The quantitative estimate of drug-likeness (QED) is 0.751. The number of fused-ring (bicyclic) bond motifs is 1. The van der Waals surface area contributed by atoms with Gasteiger partial charge in [-0.05, 0) is 33.2 Å². The van der Waals surface area contributed by atoms with Crippen LogP contribution in [0.1, 0.15) is 17.3 Å². The van der Waals surface area contributed by atoms with E-state index in [4.69, 9.17) is 9.47 Å². The van der Waals surface area contributed by atoms with E-state index in [-0.39, 0.29) is 11.5 Å². The number of amides is 1. The third-order valence-electron chi connectivity index (χ3n) is 4.39. The summed E-state index contributed by atoms with van der Waals surface area (Å²) in [4.78, 5) is 29.4. The highest BCUT2D eigenvalue weighted by Gasteiger charge is 2.20. The zero-order chi connectivity index (χ0) is 19.4. The Kier molecular flexibility index (Phi) is 6.26. The Bertz CT molecular complexity index is 858. The summed E-state index contributed by atoms with van der Waals surface area (Å²) in [5.41, 5.74) is 0.319. The molecule has 0 N–H and O–H groups in total. The highest BCUT2D eigenvalue weighted by atomic mass is 16.5. The van der Waals surface area contributed by atoms with Crippen molar-refractivity contribution >= 4 is 16.7 Å². The minimum absolute atomic E-state index is 0.133. The number of carbonyl (C=O) groups is 1. The van der Waals surface area contributed by atoms with Crippen molar-refractivity contribution in [3.8, 4) is 11.5 Å². The van der Waals surface area contributed by atoms with Crippen LogP contribution in [0.15, 0.2) is 23.1 Å². The molecule has 7 nitrogen and oxygen atoms in total. The van der Waals surface area contributed by atoms with Crippen LogP contribution >= 0.6 is 0 Å². The van der Waals surface area contributed by atoms with Crippen LogP contribution in [0.4, 0.5) is 0 Å². The molecule has 2 aromatic rings. The maximum atomic E-state index is 13.0. The van der Waals surface area contributed by atoms with Crippen molar-refractivity contribution in [2.24, 2.45) is 0 Å². The molecule has 1 amide bonds. The first-order valence-electron chi connectivity index (χ1n) is 8.53. The molecule has 1 heterocycles. The lowest BCUT2D eigenvalue weighted by atomic mass is 10.0. The number of methoxy groups -OCH3 is 2. The van der Waals surface area contributed by atoms with Crippen LogP contribution in [-0.2, 0) is 6.54 Å². The van der Waals surface area contributed by atoms with Crippen LogP contribution in [0.2, 0.25) is 0 Å². The predicted octanol–water partition coefficient (Wildman–Crippen LogP) is 1.67. The number of hydrogen-bond donors (Lipinski definition) is 0. The van der Waals surface area contributed by atoms with Gasteiger partial charge in [0.2, 0.25) is 0 Å². The molecule has 0 bridgehead atoms. The van der Waals surface area contributed by atoms with E-state index < -0.39 is 0 Å². The van der Waals surface area contributed by atoms with Crippen LogP contribution in [0.25, 0.3) is 10.8 Å². The summed E-state index contributed by atoms with van der Waals surface area (Å²) in [6.07, 6.45) is 1.63. The standard InChI is InChI=1S/C19H27N3O4/c1-7-22-12-15(18(23)21(4)9-8-20(2)3)13-10-16(25-5)17(26-6)11-14(13)19(22)24/h10-12H,7-9H2,1-6H3. The summed E-state index contributed by atoms with van der Waals surface area (Å²) in [6.45, 7) is 3.69. The van der Waals surface area contributed by atoms with E-state index in [9.17, 15) is 9.59 Å². The molecule has 0 atom stereocenters. The van der Waals surface area contributed by atoms with Gasteiger partial charge >= 0.3 is 0 Å². The molecule has 0 fully saturated rings. The van der Waals surface area contributed by atoms with Gasteiger partial charge < -0.3 is 23.8 Å². The maximum Gasteiger partial charge on any atom is 0.258 e. The summed E-state index contributed by atoms with van der Waals surface area (Å²) < 4.78 is 12.2. The average molecular weight is 361 g/mol. The zero-order valence-corrected chi connectivity index (χ0v) is 16.3. The molecule has 0 saturated heterocycles. The van der Waals surface area contributed by atoms with E-state index in [1.165, 1.54) is 14.2 Å². The van der Waals surface area contributed by atoms with E-state index in [0.29, 0.717) is 40.9 Å². The molecule has 0 aliphatic rings. The molecular formula is C19H27N3O4. The lowest BCUT2D eigenvalue weighted by molar-refractivity contribution is 0.0787. The minimum atomic E-state index is -0.157. The number of rotatable bonds is 7. The molecule has 142 valence electrons. The number of aromatic nitrogens is 1. The second kappa shape index (κ2) is 8.23. The topological polar surface area (TPSA) is 64.0 Å². The highest BCUT2D eigenvalue weighted by Crippen LogP contribution is 2.32. The van der Waals surface area contributed by atoms with E-state index in [0.717, 1.165) is 6.54 Å². The number of likely N-dealkylation sites (N-methyl/N-ethyl adjacent to an activating group) is 2. The zero-order valence-electron chi connectivity index (χ0n) is 16.3. The van der Waals surface area contributed by atoms with E-state index in [1.807, 2.05) is 25.9 Å².